The van der Waals surface area contributed by atoms with Crippen molar-refractivity contribution >= 4 is 12.1 Å². The van der Waals surface area contributed by atoms with E-state index < -0.39 is 11.7 Å². The molecule has 31 heavy (non-hydrogen) atoms. The van der Waals surface area contributed by atoms with Gasteiger partial charge in [0.2, 0.25) is 0 Å². The molecule has 1 aromatic heterocycles. The van der Waals surface area contributed by atoms with Crippen molar-refractivity contribution in [2.45, 2.75) is 58.7 Å². The van der Waals surface area contributed by atoms with Gasteiger partial charge in [0.1, 0.15) is 17.8 Å². The van der Waals surface area contributed by atoms with E-state index in [1.165, 1.54) is 11.9 Å². The van der Waals surface area contributed by atoms with E-state index in [0.29, 0.717) is 25.0 Å². The van der Waals surface area contributed by atoms with E-state index in [9.17, 15) is 4.79 Å². The number of amides is 1. The molecule has 9 nitrogen and oxygen atoms in total. The molecule has 2 rings (SSSR count). The Labute approximate surface area is 184 Å². The quantitative estimate of drug-likeness (QED) is 0.462. The summed E-state index contributed by atoms with van der Waals surface area (Å²) in [7, 11) is 3.53. The summed E-state index contributed by atoms with van der Waals surface area (Å²) in [6.45, 7) is 10.7. The van der Waals surface area contributed by atoms with E-state index >= 15 is 0 Å². The van der Waals surface area contributed by atoms with Gasteiger partial charge >= 0.3 is 6.09 Å². The number of alkyl carbamates (subject to hydrolysis) is 1. The van der Waals surface area contributed by atoms with Crippen molar-refractivity contribution in [3.8, 4) is 0 Å². The van der Waals surface area contributed by atoms with Gasteiger partial charge in [-0.15, -0.1) is 0 Å². The summed E-state index contributed by atoms with van der Waals surface area (Å²) in [6, 6.07) is 7.95. The number of carbonyl (C=O) groups excluding carboxylic acids is 1. The van der Waals surface area contributed by atoms with E-state index in [-0.39, 0.29) is 6.04 Å². The molecule has 0 aliphatic carbocycles. The van der Waals surface area contributed by atoms with Gasteiger partial charge in [-0.25, -0.2) is 9.78 Å². The van der Waals surface area contributed by atoms with Gasteiger partial charge in [-0.3, -0.25) is 9.67 Å². The van der Waals surface area contributed by atoms with E-state index in [0.717, 1.165) is 11.4 Å². The van der Waals surface area contributed by atoms with Crippen LogP contribution in [0.1, 0.15) is 63.5 Å². The van der Waals surface area contributed by atoms with Gasteiger partial charge in [0, 0.05) is 20.6 Å². The number of rotatable bonds is 7. The van der Waals surface area contributed by atoms with Crippen molar-refractivity contribution < 1.29 is 9.53 Å². The van der Waals surface area contributed by atoms with E-state index in [4.69, 9.17) is 4.74 Å². The van der Waals surface area contributed by atoms with Crippen molar-refractivity contribution in [1.29, 1.82) is 0 Å². The van der Waals surface area contributed by atoms with Gasteiger partial charge in [0.05, 0.1) is 12.6 Å². The third-order valence-electron chi connectivity index (χ3n) is 4.61. The number of aromatic nitrogens is 3. The van der Waals surface area contributed by atoms with Gasteiger partial charge in [0.15, 0.2) is 5.96 Å². The zero-order valence-electron chi connectivity index (χ0n) is 19.6. The van der Waals surface area contributed by atoms with Gasteiger partial charge in [-0.2, -0.15) is 5.10 Å². The van der Waals surface area contributed by atoms with Crippen LogP contribution in [-0.4, -0.2) is 46.0 Å². The number of aryl methyl sites for hydroxylation is 1. The number of hydrogen-bond donors (Lipinski definition) is 3. The van der Waals surface area contributed by atoms with Crippen molar-refractivity contribution in [2.75, 3.05) is 13.6 Å². The van der Waals surface area contributed by atoms with Crippen LogP contribution in [0.25, 0.3) is 0 Å². The Morgan fingerprint density at radius 3 is 2.32 bits per heavy atom. The fourth-order valence-corrected chi connectivity index (χ4v) is 2.88. The largest absolute Gasteiger partial charge is 0.444 e. The molecule has 0 radical (unpaired) electrons. The Morgan fingerprint density at radius 1 is 1.16 bits per heavy atom. The predicted molar refractivity (Wildman–Crippen MR) is 122 cm³/mol. The van der Waals surface area contributed by atoms with E-state index in [1.54, 1.807) is 11.7 Å². The van der Waals surface area contributed by atoms with Crippen LogP contribution in [0, 0.1) is 0 Å². The standard InChI is InChI=1S/C22H35N7O2/c1-15(2)16-8-10-17(11-9-16)18(28-21(30)31-22(3,4)5)12-24-20(23-6)25-13-19-26-14-27-29(19)7/h8-11,14-15,18H,12-13H2,1-7H3,(H,28,30)(H2,23,24,25). The molecule has 1 amide bonds. The maximum Gasteiger partial charge on any atom is 0.408 e. The van der Waals surface area contributed by atoms with Crippen LogP contribution in [0.2, 0.25) is 0 Å². The molecule has 170 valence electrons. The highest BCUT2D eigenvalue weighted by Gasteiger charge is 2.21. The van der Waals surface area contributed by atoms with Gasteiger partial charge in [0.25, 0.3) is 0 Å². The van der Waals surface area contributed by atoms with Crippen molar-refractivity contribution in [3.63, 3.8) is 0 Å². The molecule has 1 atom stereocenters. The van der Waals surface area contributed by atoms with Crippen LogP contribution in [0.4, 0.5) is 4.79 Å². The number of carbonyl (C=O) groups is 1. The van der Waals surface area contributed by atoms with Crippen LogP contribution < -0.4 is 16.0 Å². The summed E-state index contributed by atoms with van der Waals surface area (Å²) >= 11 is 0. The first kappa shape index (κ1) is 24.2. The van der Waals surface area contributed by atoms with Crippen LogP contribution in [-0.2, 0) is 18.3 Å². The predicted octanol–water partition coefficient (Wildman–Crippen LogP) is 2.87. The highest BCUT2D eigenvalue weighted by Crippen LogP contribution is 2.19. The number of nitrogens with zero attached hydrogens (tertiary/aromatic N) is 4. The molecule has 9 heteroatoms. The molecule has 1 heterocycles. The molecule has 0 aliphatic rings. The first-order valence-corrected chi connectivity index (χ1v) is 10.5. The number of ether oxygens (including phenoxy) is 1. The minimum absolute atomic E-state index is 0.301. The van der Waals surface area contributed by atoms with Crippen LogP contribution in [0.3, 0.4) is 0 Å². The molecule has 0 saturated heterocycles. The maximum absolute atomic E-state index is 12.4. The minimum atomic E-state index is -0.572. The Bertz CT molecular complexity index is 867. The average molecular weight is 430 g/mol. The number of hydrogen-bond acceptors (Lipinski definition) is 5. The first-order valence-electron chi connectivity index (χ1n) is 10.5. The molecule has 0 spiro atoms. The third-order valence-corrected chi connectivity index (χ3v) is 4.61. The molecule has 2 aromatic rings. The summed E-state index contributed by atoms with van der Waals surface area (Å²) in [6.07, 6.45) is 1.05. The smallest absolute Gasteiger partial charge is 0.408 e. The molecule has 0 fully saturated rings. The fourth-order valence-electron chi connectivity index (χ4n) is 2.88. The molecule has 1 unspecified atom stereocenters. The number of aliphatic imine (C=N–C) groups is 1. The lowest BCUT2D eigenvalue weighted by molar-refractivity contribution is 0.0504. The van der Waals surface area contributed by atoms with Gasteiger partial charge in [-0.1, -0.05) is 38.1 Å². The number of guanidine groups is 1. The number of nitrogens with one attached hydrogen (secondary N) is 3. The van der Waals surface area contributed by atoms with Crippen molar-refractivity contribution in [2.24, 2.45) is 12.0 Å². The lowest BCUT2D eigenvalue weighted by Gasteiger charge is -2.25. The molecule has 3 N–H and O–H groups in total. The number of benzene rings is 1. The summed E-state index contributed by atoms with van der Waals surface area (Å²) in [5.74, 6) is 1.82. The molecule has 0 saturated carbocycles. The van der Waals surface area contributed by atoms with Crippen LogP contribution in [0.15, 0.2) is 35.6 Å². The summed E-state index contributed by atoms with van der Waals surface area (Å²) < 4.78 is 7.15. The molecule has 0 aliphatic heterocycles. The Kier molecular flexibility index (Phi) is 8.41. The highest BCUT2D eigenvalue weighted by atomic mass is 16.6. The monoisotopic (exact) mass is 429 g/mol. The second kappa shape index (κ2) is 10.8. The SMILES string of the molecule is CN=C(NCc1ncnn1C)NCC(NC(=O)OC(C)(C)C)c1ccc(C(C)C)cc1. The van der Waals surface area contributed by atoms with Crippen LogP contribution in [0.5, 0.6) is 0 Å². The zero-order chi connectivity index (χ0) is 23.0. The average Bonchev–Trinajstić information content (AvgIpc) is 3.10. The first-order chi connectivity index (χ1) is 14.6. The highest BCUT2D eigenvalue weighted by molar-refractivity contribution is 5.79. The van der Waals surface area contributed by atoms with Gasteiger partial charge in [-0.05, 0) is 37.8 Å². The zero-order valence-corrected chi connectivity index (χ0v) is 19.6. The Hall–Kier alpha value is -3.10. The van der Waals surface area contributed by atoms with E-state index in [2.05, 4.69) is 57.0 Å². The molecular weight excluding hydrogens is 394 g/mol. The Morgan fingerprint density at radius 2 is 1.81 bits per heavy atom. The molecular formula is C22H35N7O2. The van der Waals surface area contributed by atoms with Gasteiger partial charge < -0.3 is 20.7 Å². The molecule has 0 bridgehead atoms. The van der Waals surface area contributed by atoms with E-state index in [1.807, 2.05) is 40.0 Å². The fraction of sp³-hybridized carbons (Fsp3) is 0.545. The van der Waals surface area contributed by atoms with Crippen molar-refractivity contribution in [1.82, 2.24) is 30.7 Å². The lowest BCUT2D eigenvalue weighted by atomic mass is 9.99. The Balaban J connectivity index is 2.07. The topological polar surface area (TPSA) is 105 Å². The summed E-state index contributed by atoms with van der Waals surface area (Å²) in [4.78, 5) is 20.9. The molecule has 1 aromatic carbocycles. The normalized spacial score (nSPS) is 13.1. The lowest BCUT2D eigenvalue weighted by Crippen LogP contribution is -2.44. The summed E-state index contributed by atoms with van der Waals surface area (Å²) in [5.41, 5.74) is 1.65. The maximum atomic E-state index is 12.4. The van der Waals surface area contributed by atoms with Crippen LogP contribution >= 0.6 is 0 Å². The van der Waals surface area contributed by atoms with Crippen molar-refractivity contribution in [3.05, 3.63) is 47.5 Å². The minimum Gasteiger partial charge on any atom is -0.444 e. The summed E-state index contributed by atoms with van der Waals surface area (Å²) in [5, 5.41) is 13.5. The third kappa shape index (κ3) is 7.92. The second-order valence-electron chi connectivity index (χ2n) is 8.63. The second-order valence-corrected chi connectivity index (χ2v) is 8.63.